The van der Waals surface area contributed by atoms with Crippen molar-refractivity contribution in [1.82, 2.24) is 0 Å². The van der Waals surface area contributed by atoms with Gasteiger partial charge >= 0.3 is 60.8 Å². The van der Waals surface area contributed by atoms with E-state index < -0.39 is 47.9 Å². The van der Waals surface area contributed by atoms with Gasteiger partial charge in [0.15, 0.2) is 0 Å². The van der Waals surface area contributed by atoms with Crippen LogP contribution in [0.4, 0.5) is 0 Å². The van der Waals surface area contributed by atoms with Gasteiger partial charge in [-0.2, -0.15) is 0 Å². The number of carbonyl (C=O) groups excluding carboxylic acids is 4. The molecule has 0 fully saturated rings. The molecule has 0 bridgehead atoms. The molecule has 0 radical (unpaired) electrons. The number of hydrogen-bond donors (Lipinski definition) is 0. The van der Waals surface area contributed by atoms with Crippen molar-refractivity contribution < 1.29 is 38.9 Å². The maximum atomic E-state index is 11.4. The Kier molecular flexibility index (Phi) is 19.0. The van der Waals surface area contributed by atoms with E-state index in [0.29, 0.717) is 0 Å². The number of carboxylic acids is 2. The Morgan fingerprint density at radius 1 is 0.600 bits per heavy atom. The van der Waals surface area contributed by atoms with Crippen molar-refractivity contribution in [2.45, 2.75) is 132 Å². The van der Waals surface area contributed by atoms with Gasteiger partial charge in [-0.15, -0.1) is 0 Å². The number of hydrogen-bond acceptors (Lipinski definition) is 8. The summed E-state index contributed by atoms with van der Waals surface area (Å²) < 4.78 is 10.7. The van der Waals surface area contributed by atoms with E-state index in [0.717, 1.165) is 38.5 Å². The normalized spacial score (nSPS) is 14.7. The molecular weight excluding hydrogens is 578 g/mol. The predicted molar refractivity (Wildman–Crippen MR) is 132 cm³/mol. The third-order valence-electron chi connectivity index (χ3n) is 6.44. The number of carbonyl (C=O) groups is 4. The van der Waals surface area contributed by atoms with E-state index in [4.69, 9.17) is 9.47 Å². The molecule has 0 heterocycles. The maximum absolute atomic E-state index is 11.4. The van der Waals surface area contributed by atoms with Crippen molar-refractivity contribution in [3.8, 4) is 0 Å². The summed E-state index contributed by atoms with van der Waals surface area (Å²) in [6.45, 7) is 19.7. The van der Waals surface area contributed by atoms with Crippen LogP contribution in [0.1, 0.15) is 121 Å². The molecule has 0 amide bonds. The largest absolute Gasteiger partial charge is 2.00 e. The molecule has 0 aromatic heterocycles. The summed E-state index contributed by atoms with van der Waals surface area (Å²) in [6, 6.07) is 0. The van der Waals surface area contributed by atoms with Crippen molar-refractivity contribution in [1.29, 1.82) is 0 Å². The summed E-state index contributed by atoms with van der Waals surface area (Å²) in [5, 5.41) is 20.7. The van der Waals surface area contributed by atoms with Crippen LogP contribution in [0.25, 0.3) is 0 Å². The Morgan fingerprint density at radius 2 is 0.857 bits per heavy atom. The smallest absolute Gasteiger partial charge is 0.550 e. The summed E-state index contributed by atoms with van der Waals surface area (Å²) in [7, 11) is 0. The zero-order chi connectivity index (χ0) is 27.4. The maximum Gasteiger partial charge on any atom is 2.00 e. The third-order valence-corrected chi connectivity index (χ3v) is 6.44. The Bertz CT molecular complexity index is 620. The minimum atomic E-state index is -1.40. The zero-order valence-electron chi connectivity index (χ0n) is 23.6. The van der Waals surface area contributed by atoms with Crippen molar-refractivity contribution in [2.24, 2.45) is 10.8 Å². The van der Waals surface area contributed by atoms with E-state index >= 15 is 0 Å². The van der Waals surface area contributed by atoms with Crippen LogP contribution in [-0.4, -0.2) is 84.0 Å². The van der Waals surface area contributed by atoms with Crippen LogP contribution in [-0.2, 0) is 28.7 Å². The molecule has 9 heteroatoms. The summed E-state index contributed by atoms with van der Waals surface area (Å²) in [4.78, 5) is 43.6. The number of unbranched alkanes of at least 4 members (excludes halogenated alkanes) is 2. The molecule has 8 nitrogen and oxygen atoms in total. The molecule has 0 aliphatic carbocycles. The molecule has 0 saturated carbocycles. The molecule has 0 aliphatic heterocycles. The van der Waals surface area contributed by atoms with E-state index in [1.54, 1.807) is 0 Å². The summed E-state index contributed by atoms with van der Waals surface area (Å²) in [5.74, 6) is -4.25. The Hall–Kier alpha value is -0.549. The molecule has 0 saturated heterocycles. The second-order valence-corrected chi connectivity index (χ2v) is 11.2. The van der Waals surface area contributed by atoms with E-state index in [1.165, 1.54) is 0 Å². The van der Waals surface area contributed by atoms with Gasteiger partial charge in [0.2, 0.25) is 0 Å². The number of ether oxygens (including phenoxy) is 2. The van der Waals surface area contributed by atoms with Crippen LogP contribution in [0.15, 0.2) is 0 Å². The molecule has 0 aromatic rings. The molecule has 2 atom stereocenters. The van der Waals surface area contributed by atoms with Gasteiger partial charge in [-0.3, -0.25) is 9.59 Å². The monoisotopic (exact) mass is 624 g/mol. The van der Waals surface area contributed by atoms with Crippen molar-refractivity contribution >= 4 is 72.8 Å². The van der Waals surface area contributed by atoms with Gasteiger partial charge in [0.1, 0.15) is 11.2 Å². The Morgan fingerprint density at radius 3 is 1.03 bits per heavy atom. The molecule has 0 aromatic carbocycles. The van der Waals surface area contributed by atoms with E-state index in [9.17, 15) is 29.4 Å². The first-order chi connectivity index (χ1) is 15.2. The SMILES string of the molecule is CCCCC(C)(OC(=O)CC(=O)[O-])C(C)(C)C.CCCCC(C)(OC(=O)CC(=O)[O-])C(C)(C)C.[Ba+2]. The van der Waals surface area contributed by atoms with Crippen LogP contribution < -0.4 is 10.2 Å². The van der Waals surface area contributed by atoms with Gasteiger partial charge in [0, 0.05) is 10.8 Å². The fourth-order valence-electron chi connectivity index (χ4n) is 3.00. The number of carboxylic acid groups (broad SMARTS) is 2. The molecule has 0 rings (SSSR count). The first-order valence-corrected chi connectivity index (χ1v) is 12.1. The number of esters is 2. The average molecular weight is 624 g/mol. The minimum absolute atomic E-state index is 0. The second kappa shape index (κ2) is 17.1. The molecular formula is C26H46BaO8. The van der Waals surface area contributed by atoms with Crippen LogP contribution in [0.5, 0.6) is 0 Å². The third kappa shape index (κ3) is 16.0. The van der Waals surface area contributed by atoms with Crippen LogP contribution in [0, 0.1) is 10.8 Å². The number of rotatable bonds is 12. The summed E-state index contributed by atoms with van der Waals surface area (Å²) in [5.41, 5.74) is -1.75. The fraction of sp³-hybridized carbons (Fsp3) is 0.846. The Balaban J connectivity index is -0.000000569. The first kappa shape index (κ1) is 39.0. The topological polar surface area (TPSA) is 133 Å². The molecule has 0 spiro atoms. The molecule has 0 aliphatic rings. The van der Waals surface area contributed by atoms with E-state index in [2.05, 4.69) is 13.8 Å². The zero-order valence-corrected chi connectivity index (χ0v) is 28.1. The molecule has 0 N–H and O–H groups in total. The predicted octanol–water partition coefficient (Wildman–Crippen LogP) is 2.95. The van der Waals surface area contributed by atoms with Gasteiger partial charge in [0.25, 0.3) is 0 Å². The van der Waals surface area contributed by atoms with Crippen LogP contribution >= 0.6 is 0 Å². The average Bonchev–Trinajstić information content (AvgIpc) is 2.62. The van der Waals surface area contributed by atoms with Gasteiger partial charge < -0.3 is 29.3 Å². The summed E-state index contributed by atoms with van der Waals surface area (Å²) in [6.07, 6.45) is 3.97. The fourth-order valence-corrected chi connectivity index (χ4v) is 3.00. The van der Waals surface area contributed by atoms with Gasteiger partial charge in [-0.25, -0.2) is 0 Å². The quantitative estimate of drug-likeness (QED) is 0.184. The van der Waals surface area contributed by atoms with Gasteiger partial charge in [-0.05, 0) is 39.5 Å². The standard InChI is InChI=1S/2C13H24O4.Ba/c2*1-6-7-8-13(5,12(2,3)4)17-11(16)9-10(14)15;/h2*6-9H2,1-5H3,(H,14,15);/q;;+2/p-2. The molecule has 2 unspecified atom stereocenters. The minimum Gasteiger partial charge on any atom is -0.550 e. The van der Waals surface area contributed by atoms with Gasteiger partial charge in [-0.1, -0.05) is 68.2 Å². The molecule has 35 heavy (non-hydrogen) atoms. The number of aliphatic carboxylic acids is 2. The van der Waals surface area contributed by atoms with Gasteiger partial charge in [0.05, 0.1) is 24.8 Å². The van der Waals surface area contributed by atoms with Crippen molar-refractivity contribution in [3.63, 3.8) is 0 Å². The Labute approximate surface area is 252 Å². The first-order valence-electron chi connectivity index (χ1n) is 12.1. The van der Waals surface area contributed by atoms with Crippen molar-refractivity contribution in [2.75, 3.05) is 0 Å². The summed E-state index contributed by atoms with van der Waals surface area (Å²) >= 11 is 0. The van der Waals surface area contributed by atoms with Crippen LogP contribution in [0.3, 0.4) is 0 Å². The second-order valence-electron chi connectivity index (χ2n) is 11.2. The molecule has 200 valence electrons. The van der Waals surface area contributed by atoms with E-state index in [-0.39, 0.29) is 59.7 Å². The van der Waals surface area contributed by atoms with E-state index in [1.807, 2.05) is 55.4 Å². The van der Waals surface area contributed by atoms with Crippen molar-refractivity contribution in [3.05, 3.63) is 0 Å². The van der Waals surface area contributed by atoms with Crippen LogP contribution in [0.2, 0.25) is 0 Å².